The van der Waals surface area contributed by atoms with Crippen molar-refractivity contribution in [2.75, 3.05) is 6.61 Å². The summed E-state index contributed by atoms with van der Waals surface area (Å²) in [4.78, 5) is 20.5. The summed E-state index contributed by atoms with van der Waals surface area (Å²) < 4.78 is 8.23. The first-order chi connectivity index (χ1) is 9.16. The second-order valence-electron chi connectivity index (χ2n) is 4.63. The van der Waals surface area contributed by atoms with Crippen molar-refractivity contribution < 1.29 is 53.7 Å². The molecule has 0 spiro atoms. The van der Waals surface area contributed by atoms with Crippen molar-refractivity contribution in [3.63, 3.8) is 0 Å². The molecule has 0 fully saturated rings. The van der Waals surface area contributed by atoms with Gasteiger partial charge in [-0.1, -0.05) is 64.7 Å². The number of carbonyl (C=O) groups is 2. The normalized spacial score (nSPS) is 9.65. The standard InChI is InChI=1S/C14H26O5.Na/c1-2-3-4-5-6-7-8-9-10-11-12-18-14(17)19-13(15)16;/h2-12H2,1H3,(H,15,16);/q;+1/p-1. The van der Waals surface area contributed by atoms with Gasteiger partial charge in [0.1, 0.15) is 0 Å². The van der Waals surface area contributed by atoms with E-state index in [1.165, 1.54) is 44.9 Å². The van der Waals surface area contributed by atoms with E-state index in [4.69, 9.17) is 0 Å². The summed E-state index contributed by atoms with van der Waals surface area (Å²) in [6.45, 7) is 2.41. The Bertz CT molecular complexity index is 246. The molecule has 0 radical (unpaired) electrons. The summed E-state index contributed by atoms with van der Waals surface area (Å²) in [5, 5.41) is 9.88. The van der Waals surface area contributed by atoms with E-state index < -0.39 is 12.3 Å². The molecule has 0 atom stereocenters. The number of carbonyl (C=O) groups excluding carboxylic acids is 2. The fraction of sp³-hybridized carbons (Fsp3) is 0.857. The van der Waals surface area contributed by atoms with E-state index in [1.807, 2.05) is 0 Å². The van der Waals surface area contributed by atoms with E-state index in [2.05, 4.69) is 16.4 Å². The van der Waals surface area contributed by atoms with Crippen LogP contribution >= 0.6 is 0 Å². The predicted molar refractivity (Wildman–Crippen MR) is 69.7 cm³/mol. The second-order valence-corrected chi connectivity index (χ2v) is 4.63. The molecule has 0 saturated carbocycles. The first-order valence-electron chi connectivity index (χ1n) is 7.22. The van der Waals surface area contributed by atoms with E-state index in [0.717, 1.165) is 19.3 Å². The van der Waals surface area contributed by atoms with Crippen molar-refractivity contribution in [3.05, 3.63) is 0 Å². The zero-order valence-electron chi connectivity index (χ0n) is 12.8. The van der Waals surface area contributed by atoms with Gasteiger partial charge < -0.3 is 19.4 Å². The monoisotopic (exact) mass is 296 g/mol. The molecule has 0 heterocycles. The van der Waals surface area contributed by atoms with Gasteiger partial charge in [0.05, 0.1) is 6.61 Å². The average molecular weight is 296 g/mol. The van der Waals surface area contributed by atoms with Crippen LogP contribution < -0.4 is 34.7 Å². The van der Waals surface area contributed by atoms with Gasteiger partial charge in [-0.15, -0.1) is 0 Å². The zero-order valence-corrected chi connectivity index (χ0v) is 14.8. The molecule has 0 bridgehead atoms. The van der Waals surface area contributed by atoms with Crippen molar-refractivity contribution in [3.8, 4) is 0 Å². The van der Waals surface area contributed by atoms with Crippen LogP contribution in [-0.4, -0.2) is 18.9 Å². The zero-order chi connectivity index (χ0) is 14.3. The topological polar surface area (TPSA) is 75.7 Å². The van der Waals surface area contributed by atoms with Crippen LogP contribution in [0.4, 0.5) is 9.59 Å². The number of unbranched alkanes of at least 4 members (excludes halogenated alkanes) is 9. The van der Waals surface area contributed by atoms with E-state index in [0.29, 0.717) is 0 Å². The number of ether oxygens (including phenoxy) is 2. The molecule has 20 heavy (non-hydrogen) atoms. The molecule has 112 valence electrons. The van der Waals surface area contributed by atoms with Crippen LogP contribution in [0.5, 0.6) is 0 Å². The molecule has 0 aromatic rings. The Hall–Kier alpha value is -0.260. The second kappa shape index (κ2) is 16.8. The average Bonchev–Trinajstić information content (AvgIpc) is 2.35. The maximum atomic E-state index is 10.6. The summed E-state index contributed by atoms with van der Waals surface area (Å²) in [6, 6.07) is 0. The predicted octanol–water partition coefficient (Wildman–Crippen LogP) is 0.408. The molecule has 5 nitrogen and oxygen atoms in total. The van der Waals surface area contributed by atoms with Crippen LogP contribution in [0.15, 0.2) is 0 Å². The Labute approximate surface area is 143 Å². The summed E-state index contributed by atoms with van der Waals surface area (Å²) >= 11 is 0. The maximum absolute atomic E-state index is 10.6. The van der Waals surface area contributed by atoms with Gasteiger partial charge in [0.15, 0.2) is 0 Å². The van der Waals surface area contributed by atoms with Crippen molar-refractivity contribution in [1.82, 2.24) is 0 Å². The van der Waals surface area contributed by atoms with Gasteiger partial charge in [0.2, 0.25) is 0 Å². The molecule has 0 unspecified atom stereocenters. The van der Waals surface area contributed by atoms with Crippen molar-refractivity contribution in [2.24, 2.45) is 0 Å². The number of hydrogen-bond donors (Lipinski definition) is 0. The quantitative estimate of drug-likeness (QED) is 0.239. The van der Waals surface area contributed by atoms with E-state index in [1.54, 1.807) is 0 Å². The van der Waals surface area contributed by atoms with Crippen LogP contribution in [0.3, 0.4) is 0 Å². The smallest absolute Gasteiger partial charge is 0.453 e. The summed E-state index contributed by atoms with van der Waals surface area (Å²) in [5.41, 5.74) is 0. The van der Waals surface area contributed by atoms with Gasteiger partial charge >= 0.3 is 35.7 Å². The van der Waals surface area contributed by atoms with Crippen LogP contribution in [0.2, 0.25) is 0 Å². The van der Waals surface area contributed by atoms with Crippen molar-refractivity contribution in [2.45, 2.75) is 71.1 Å². The molecular weight excluding hydrogens is 271 g/mol. The Balaban J connectivity index is 0. The first kappa shape index (κ1) is 22.0. The van der Waals surface area contributed by atoms with Crippen LogP contribution in [0, 0.1) is 0 Å². The van der Waals surface area contributed by atoms with Crippen LogP contribution in [0.25, 0.3) is 0 Å². The molecule has 0 aromatic heterocycles. The molecule has 0 amide bonds. The van der Waals surface area contributed by atoms with Crippen molar-refractivity contribution in [1.29, 1.82) is 0 Å². The molecule has 0 aromatic carbocycles. The Morgan fingerprint density at radius 2 is 1.30 bits per heavy atom. The number of hydrogen-bond acceptors (Lipinski definition) is 5. The number of carboxylic acid groups (broad SMARTS) is 1. The maximum Gasteiger partial charge on any atom is 1.00 e. The molecule has 0 aliphatic rings. The minimum Gasteiger partial charge on any atom is -0.453 e. The van der Waals surface area contributed by atoms with Gasteiger partial charge in [-0.25, -0.2) is 4.79 Å². The Morgan fingerprint density at radius 1 is 0.850 bits per heavy atom. The summed E-state index contributed by atoms with van der Waals surface area (Å²) in [7, 11) is 0. The Kier molecular flexibility index (Phi) is 18.5. The summed E-state index contributed by atoms with van der Waals surface area (Å²) in [6.07, 6.45) is 8.79. The minimum absolute atomic E-state index is 0. The van der Waals surface area contributed by atoms with E-state index in [9.17, 15) is 14.7 Å². The molecule has 0 rings (SSSR count). The van der Waals surface area contributed by atoms with Gasteiger partial charge in [-0.3, -0.25) is 0 Å². The molecule has 0 N–H and O–H groups in total. The Morgan fingerprint density at radius 3 is 1.75 bits per heavy atom. The third kappa shape index (κ3) is 17.7. The third-order valence-electron chi connectivity index (χ3n) is 2.88. The van der Waals surface area contributed by atoms with Gasteiger partial charge in [0, 0.05) is 0 Å². The minimum atomic E-state index is -1.88. The molecule has 6 heteroatoms. The third-order valence-corrected chi connectivity index (χ3v) is 2.88. The SMILES string of the molecule is CCCCCCCCCCCCOC(=O)OC(=O)[O-].[Na+]. The largest absolute Gasteiger partial charge is 1.00 e. The van der Waals surface area contributed by atoms with E-state index in [-0.39, 0.29) is 36.2 Å². The van der Waals surface area contributed by atoms with E-state index >= 15 is 0 Å². The first-order valence-corrected chi connectivity index (χ1v) is 7.22. The van der Waals surface area contributed by atoms with Crippen molar-refractivity contribution >= 4 is 12.3 Å². The fourth-order valence-corrected chi connectivity index (χ4v) is 1.84. The van der Waals surface area contributed by atoms with Crippen LogP contribution in [-0.2, 0) is 9.47 Å². The fourth-order valence-electron chi connectivity index (χ4n) is 1.84. The summed E-state index contributed by atoms with van der Waals surface area (Å²) in [5.74, 6) is 0. The van der Waals surface area contributed by atoms with Crippen LogP contribution in [0.1, 0.15) is 71.1 Å². The molecular formula is C14H25NaO5. The molecule has 0 aliphatic carbocycles. The molecule has 0 saturated heterocycles. The van der Waals surface area contributed by atoms with Gasteiger partial charge in [0.25, 0.3) is 6.16 Å². The van der Waals surface area contributed by atoms with Gasteiger partial charge in [-0.05, 0) is 6.42 Å². The van der Waals surface area contributed by atoms with Gasteiger partial charge in [-0.2, -0.15) is 0 Å². The molecule has 0 aliphatic heterocycles. The number of rotatable bonds is 11.